The summed E-state index contributed by atoms with van der Waals surface area (Å²) in [5.41, 5.74) is 0.407. The predicted molar refractivity (Wildman–Crippen MR) is 65.0 cm³/mol. The molecular formula is C13H24N2O. The Balaban J connectivity index is 2.08. The minimum absolute atomic E-state index is 0.284. The molecule has 16 heavy (non-hydrogen) atoms. The van der Waals surface area contributed by atoms with Crippen molar-refractivity contribution in [2.45, 2.75) is 65.1 Å². The highest BCUT2D eigenvalue weighted by Gasteiger charge is 2.39. The van der Waals surface area contributed by atoms with Crippen LogP contribution in [0.2, 0.25) is 0 Å². The van der Waals surface area contributed by atoms with Crippen LogP contribution in [0.25, 0.3) is 0 Å². The van der Waals surface area contributed by atoms with Crippen LogP contribution in [0.4, 0.5) is 0 Å². The Morgan fingerprint density at radius 3 is 2.88 bits per heavy atom. The number of amides is 1. The Kier molecular flexibility index (Phi) is 3.24. The number of carbonyl (C=O) groups excluding carboxylic acids is 1. The lowest BCUT2D eigenvalue weighted by molar-refractivity contribution is -0.131. The molecule has 0 aromatic carbocycles. The highest BCUT2D eigenvalue weighted by Crippen LogP contribution is 2.38. The van der Waals surface area contributed by atoms with Gasteiger partial charge < -0.3 is 4.90 Å². The van der Waals surface area contributed by atoms with Gasteiger partial charge in [-0.15, -0.1) is 0 Å². The second-order valence-corrected chi connectivity index (χ2v) is 6.02. The summed E-state index contributed by atoms with van der Waals surface area (Å²) < 4.78 is 0. The maximum absolute atomic E-state index is 11.9. The molecule has 1 saturated carbocycles. The minimum Gasteiger partial charge on any atom is -0.323 e. The maximum atomic E-state index is 11.9. The van der Waals surface area contributed by atoms with Gasteiger partial charge in [0.15, 0.2) is 0 Å². The first-order chi connectivity index (χ1) is 7.53. The van der Waals surface area contributed by atoms with Crippen molar-refractivity contribution in [2.24, 2.45) is 5.41 Å². The summed E-state index contributed by atoms with van der Waals surface area (Å²) in [5.74, 6) is 0.301. The smallest absolute Gasteiger partial charge is 0.238 e. The summed E-state index contributed by atoms with van der Waals surface area (Å²) in [6.07, 6.45) is 6.21. The van der Waals surface area contributed by atoms with Gasteiger partial charge in [0, 0.05) is 6.04 Å². The molecule has 1 heterocycles. The van der Waals surface area contributed by atoms with E-state index in [1.807, 2.05) is 0 Å². The minimum atomic E-state index is 0.284. The Labute approximate surface area is 98.6 Å². The number of nitrogens with zero attached hydrogens (tertiary/aromatic N) is 1. The topological polar surface area (TPSA) is 32.3 Å². The van der Waals surface area contributed by atoms with Crippen molar-refractivity contribution in [1.29, 1.82) is 0 Å². The Morgan fingerprint density at radius 1 is 1.50 bits per heavy atom. The molecule has 2 aliphatic rings. The normalized spacial score (nSPS) is 34.4. The molecule has 1 aliphatic heterocycles. The molecule has 0 radical (unpaired) electrons. The molecule has 3 heteroatoms. The lowest BCUT2D eigenvalue weighted by Gasteiger charge is -2.41. The Hall–Kier alpha value is -0.570. The van der Waals surface area contributed by atoms with Gasteiger partial charge in [-0.25, -0.2) is 0 Å². The summed E-state index contributed by atoms with van der Waals surface area (Å²) in [7, 11) is 0. The molecule has 0 spiro atoms. The van der Waals surface area contributed by atoms with Crippen molar-refractivity contribution in [2.75, 3.05) is 6.54 Å². The zero-order chi connectivity index (χ0) is 11.8. The highest BCUT2D eigenvalue weighted by molar-refractivity contribution is 5.81. The van der Waals surface area contributed by atoms with E-state index in [1.54, 1.807) is 0 Å². The maximum Gasteiger partial charge on any atom is 0.238 e. The molecule has 2 rings (SSSR count). The van der Waals surface area contributed by atoms with Gasteiger partial charge in [0.05, 0.1) is 12.7 Å². The fourth-order valence-corrected chi connectivity index (χ4v) is 3.26. The van der Waals surface area contributed by atoms with Gasteiger partial charge in [0.2, 0.25) is 5.91 Å². The van der Waals surface area contributed by atoms with Gasteiger partial charge in [-0.1, -0.05) is 27.2 Å². The zero-order valence-electron chi connectivity index (χ0n) is 10.8. The van der Waals surface area contributed by atoms with Crippen molar-refractivity contribution in [1.82, 2.24) is 10.2 Å². The van der Waals surface area contributed by atoms with Gasteiger partial charge in [0.1, 0.15) is 0 Å². The molecule has 2 atom stereocenters. The third-order valence-electron chi connectivity index (χ3n) is 4.07. The first-order valence-electron chi connectivity index (χ1n) is 6.58. The molecular weight excluding hydrogens is 200 g/mol. The third kappa shape index (κ3) is 2.24. The van der Waals surface area contributed by atoms with Gasteiger partial charge in [-0.05, 0) is 31.1 Å². The number of nitrogens with one attached hydrogen (secondary N) is 1. The van der Waals surface area contributed by atoms with E-state index < -0.39 is 0 Å². The van der Waals surface area contributed by atoms with Crippen LogP contribution in [-0.2, 0) is 4.79 Å². The number of rotatable bonds is 2. The molecule has 1 N–H and O–H groups in total. The van der Waals surface area contributed by atoms with Crippen LogP contribution in [0.3, 0.4) is 0 Å². The van der Waals surface area contributed by atoms with E-state index in [0.29, 0.717) is 23.9 Å². The van der Waals surface area contributed by atoms with Crippen LogP contribution in [0, 0.1) is 5.41 Å². The van der Waals surface area contributed by atoms with Crippen LogP contribution in [-0.4, -0.2) is 29.6 Å². The molecule has 0 aromatic rings. The van der Waals surface area contributed by atoms with Gasteiger partial charge in [-0.2, -0.15) is 0 Å². The van der Waals surface area contributed by atoms with Crippen molar-refractivity contribution in [3.8, 4) is 0 Å². The molecule has 1 aliphatic carbocycles. The van der Waals surface area contributed by atoms with Crippen LogP contribution >= 0.6 is 0 Å². The van der Waals surface area contributed by atoms with E-state index in [9.17, 15) is 4.79 Å². The standard InChI is InChI=1S/C13H24N2O/c1-4-11-14-9-12(16)15(11)10-6-5-7-13(2,3)8-10/h10-11,14H,4-9H2,1-3H3. The predicted octanol–water partition coefficient (Wildman–Crippen LogP) is 2.12. The molecule has 0 bridgehead atoms. The largest absolute Gasteiger partial charge is 0.323 e. The van der Waals surface area contributed by atoms with Crippen molar-refractivity contribution in [3.05, 3.63) is 0 Å². The first kappa shape index (κ1) is 11.9. The van der Waals surface area contributed by atoms with E-state index in [1.165, 1.54) is 19.3 Å². The number of hydrogen-bond acceptors (Lipinski definition) is 2. The van der Waals surface area contributed by atoms with E-state index in [2.05, 4.69) is 31.0 Å². The third-order valence-corrected chi connectivity index (χ3v) is 4.07. The zero-order valence-corrected chi connectivity index (χ0v) is 10.8. The molecule has 1 saturated heterocycles. The SMILES string of the molecule is CCC1NCC(=O)N1C1CCCC(C)(C)C1. The summed E-state index contributed by atoms with van der Waals surface area (Å²) in [4.78, 5) is 14.0. The summed E-state index contributed by atoms with van der Waals surface area (Å²) in [6.45, 7) is 7.34. The Morgan fingerprint density at radius 2 is 2.25 bits per heavy atom. The summed E-state index contributed by atoms with van der Waals surface area (Å²) in [5, 5.41) is 3.31. The highest BCUT2D eigenvalue weighted by atomic mass is 16.2. The summed E-state index contributed by atoms with van der Waals surface area (Å²) >= 11 is 0. The van der Waals surface area contributed by atoms with Gasteiger partial charge in [-0.3, -0.25) is 10.1 Å². The average molecular weight is 224 g/mol. The average Bonchev–Trinajstić information content (AvgIpc) is 2.58. The van der Waals surface area contributed by atoms with Gasteiger partial charge in [0.25, 0.3) is 0 Å². The quantitative estimate of drug-likeness (QED) is 0.779. The molecule has 1 amide bonds. The Bertz CT molecular complexity index is 275. The monoisotopic (exact) mass is 224 g/mol. The lowest BCUT2D eigenvalue weighted by atomic mass is 9.74. The molecule has 3 nitrogen and oxygen atoms in total. The summed E-state index contributed by atoms with van der Waals surface area (Å²) in [6, 6.07) is 0.469. The first-order valence-corrected chi connectivity index (χ1v) is 6.58. The molecule has 0 aromatic heterocycles. The van der Waals surface area contributed by atoms with E-state index in [-0.39, 0.29) is 6.17 Å². The fraction of sp³-hybridized carbons (Fsp3) is 0.923. The van der Waals surface area contributed by atoms with Crippen molar-refractivity contribution in [3.63, 3.8) is 0 Å². The fourth-order valence-electron chi connectivity index (χ4n) is 3.26. The second kappa shape index (κ2) is 4.36. The number of hydrogen-bond donors (Lipinski definition) is 1. The van der Waals surface area contributed by atoms with E-state index >= 15 is 0 Å². The van der Waals surface area contributed by atoms with Gasteiger partial charge >= 0.3 is 0 Å². The molecule has 2 fully saturated rings. The number of carbonyl (C=O) groups is 1. The molecule has 2 unspecified atom stereocenters. The van der Waals surface area contributed by atoms with Crippen LogP contribution in [0.1, 0.15) is 52.9 Å². The second-order valence-electron chi connectivity index (χ2n) is 6.02. The van der Waals surface area contributed by atoms with Crippen molar-refractivity contribution < 1.29 is 4.79 Å². The molecule has 92 valence electrons. The van der Waals surface area contributed by atoms with Crippen LogP contribution in [0.15, 0.2) is 0 Å². The van der Waals surface area contributed by atoms with E-state index in [4.69, 9.17) is 0 Å². The van der Waals surface area contributed by atoms with E-state index in [0.717, 1.165) is 12.8 Å². The van der Waals surface area contributed by atoms with Crippen LogP contribution in [0.5, 0.6) is 0 Å². The lowest BCUT2D eigenvalue weighted by Crippen LogP contribution is -2.47. The van der Waals surface area contributed by atoms with Crippen molar-refractivity contribution >= 4 is 5.91 Å². The van der Waals surface area contributed by atoms with Crippen LogP contribution < -0.4 is 5.32 Å².